The van der Waals surface area contributed by atoms with Crippen LogP contribution >= 0.6 is 0 Å². The Morgan fingerprint density at radius 1 is 1.39 bits per heavy atom. The van der Waals surface area contributed by atoms with Gasteiger partial charge in [-0.25, -0.2) is 4.98 Å². The van der Waals surface area contributed by atoms with Crippen LogP contribution in [0.25, 0.3) is 0 Å². The lowest BCUT2D eigenvalue weighted by Gasteiger charge is -2.17. The monoisotopic (exact) mass is 254 g/mol. The molecule has 0 aliphatic carbocycles. The maximum absolute atomic E-state index is 5.24. The predicted molar refractivity (Wildman–Crippen MR) is 72.6 cm³/mol. The van der Waals surface area contributed by atoms with Gasteiger partial charge >= 0.3 is 0 Å². The fourth-order valence-corrected chi connectivity index (χ4v) is 1.98. The second-order valence-corrected chi connectivity index (χ2v) is 4.54. The zero-order valence-corrected chi connectivity index (χ0v) is 11.9. The summed E-state index contributed by atoms with van der Waals surface area (Å²) in [5, 5.41) is 7.75. The summed E-state index contributed by atoms with van der Waals surface area (Å²) in [5.41, 5.74) is 0. The van der Waals surface area contributed by atoms with Crippen LogP contribution in [-0.2, 0) is 17.7 Å². The standard InChI is InChI=1S/C13H26N4O/c1-4-8-14-12(10-18-3)6-7-13-15-11-16-17(13)9-5-2/h11-12,14H,4-10H2,1-3H3. The van der Waals surface area contributed by atoms with E-state index in [4.69, 9.17) is 4.74 Å². The van der Waals surface area contributed by atoms with Gasteiger partial charge in [-0.3, -0.25) is 4.68 Å². The van der Waals surface area contributed by atoms with Crippen LogP contribution in [0, 0.1) is 0 Å². The Labute approximate surface area is 110 Å². The second-order valence-electron chi connectivity index (χ2n) is 4.54. The van der Waals surface area contributed by atoms with Gasteiger partial charge in [-0.15, -0.1) is 0 Å². The first-order valence-electron chi connectivity index (χ1n) is 6.90. The van der Waals surface area contributed by atoms with Gasteiger partial charge < -0.3 is 10.1 Å². The van der Waals surface area contributed by atoms with Crippen molar-refractivity contribution >= 4 is 0 Å². The molecule has 5 nitrogen and oxygen atoms in total. The highest BCUT2D eigenvalue weighted by atomic mass is 16.5. The van der Waals surface area contributed by atoms with Crippen LogP contribution in [-0.4, -0.2) is 41.1 Å². The van der Waals surface area contributed by atoms with Crippen LogP contribution in [0.4, 0.5) is 0 Å². The first-order chi connectivity index (χ1) is 8.81. The lowest BCUT2D eigenvalue weighted by atomic mass is 10.1. The van der Waals surface area contributed by atoms with Crippen LogP contribution in [0.15, 0.2) is 6.33 Å². The molecule has 0 aliphatic rings. The fourth-order valence-electron chi connectivity index (χ4n) is 1.98. The van der Waals surface area contributed by atoms with Gasteiger partial charge in [0.05, 0.1) is 6.61 Å². The van der Waals surface area contributed by atoms with Crippen LogP contribution in [0.2, 0.25) is 0 Å². The highest BCUT2D eigenvalue weighted by Crippen LogP contribution is 2.04. The number of ether oxygens (including phenoxy) is 1. The highest BCUT2D eigenvalue weighted by molar-refractivity contribution is 4.86. The smallest absolute Gasteiger partial charge is 0.138 e. The average Bonchev–Trinajstić information content (AvgIpc) is 2.81. The Balaban J connectivity index is 2.42. The molecule has 0 saturated heterocycles. The molecule has 1 heterocycles. The Hall–Kier alpha value is -0.940. The van der Waals surface area contributed by atoms with E-state index in [9.17, 15) is 0 Å². The van der Waals surface area contributed by atoms with Crippen molar-refractivity contribution in [1.29, 1.82) is 0 Å². The largest absolute Gasteiger partial charge is 0.383 e. The lowest BCUT2D eigenvalue weighted by molar-refractivity contribution is 0.162. The molecule has 0 aliphatic heterocycles. The minimum atomic E-state index is 0.404. The molecule has 0 fully saturated rings. The third-order valence-electron chi connectivity index (χ3n) is 2.90. The van der Waals surface area contributed by atoms with Crippen molar-refractivity contribution < 1.29 is 4.74 Å². The van der Waals surface area contributed by atoms with Crippen molar-refractivity contribution in [1.82, 2.24) is 20.1 Å². The van der Waals surface area contributed by atoms with Gasteiger partial charge in [-0.1, -0.05) is 13.8 Å². The summed E-state index contributed by atoms with van der Waals surface area (Å²) in [7, 11) is 1.75. The molecule has 104 valence electrons. The van der Waals surface area contributed by atoms with Crippen molar-refractivity contribution in [3.8, 4) is 0 Å². The Kier molecular flexibility index (Phi) is 7.60. The Morgan fingerprint density at radius 3 is 2.89 bits per heavy atom. The number of hydrogen-bond acceptors (Lipinski definition) is 4. The van der Waals surface area contributed by atoms with Crippen LogP contribution in [0.5, 0.6) is 0 Å². The van der Waals surface area contributed by atoms with Gasteiger partial charge in [0, 0.05) is 26.1 Å². The molecule has 0 saturated carbocycles. The number of rotatable bonds is 10. The topological polar surface area (TPSA) is 52.0 Å². The van der Waals surface area contributed by atoms with E-state index in [-0.39, 0.29) is 0 Å². The summed E-state index contributed by atoms with van der Waals surface area (Å²) in [6.07, 6.45) is 5.87. The highest BCUT2D eigenvalue weighted by Gasteiger charge is 2.10. The zero-order chi connectivity index (χ0) is 13.2. The van der Waals surface area contributed by atoms with Crippen LogP contribution in [0.3, 0.4) is 0 Å². The van der Waals surface area contributed by atoms with E-state index in [0.29, 0.717) is 6.04 Å². The first kappa shape index (κ1) is 15.1. The summed E-state index contributed by atoms with van der Waals surface area (Å²) in [4.78, 5) is 4.33. The van der Waals surface area contributed by atoms with Gasteiger partial charge in [0.15, 0.2) is 0 Å². The van der Waals surface area contributed by atoms with Crippen LogP contribution in [0.1, 0.15) is 38.9 Å². The van der Waals surface area contributed by atoms with E-state index in [2.05, 4.69) is 29.2 Å². The third-order valence-corrected chi connectivity index (χ3v) is 2.90. The number of methoxy groups -OCH3 is 1. The number of nitrogens with one attached hydrogen (secondary N) is 1. The number of hydrogen-bond donors (Lipinski definition) is 1. The minimum Gasteiger partial charge on any atom is -0.383 e. The summed E-state index contributed by atoms with van der Waals surface area (Å²) in [6, 6.07) is 0.404. The van der Waals surface area contributed by atoms with Gasteiger partial charge in [-0.2, -0.15) is 5.10 Å². The lowest BCUT2D eigenvalue weighted by Crippen LogP contribution is -2.34. The molecular formula is C13H26N4O. The van der Waals surface area contributed by atoms with E-state index in [1.165, 1.54) is 0 Å². The summed E-state index contributed by atoms with van der Waals surface area (Å²) >= 11 is 0. The molecule has 18 heavy (non-hydrogen) atoms. The van der Waals surface area contributed by atoms with Crippen molar-refractivity contribution in [2.24, 2.45) is 0 Å². The molecule has 0 spiro atoms. The molecule has 0 amide bonds. The predicted octanol–water partition coefficient (Wildman–Crippen LogP) is 1.64. The van der Waals surface area contributed by atoms with Gasteiger partial charge in [-0.05, 0) is 25.8 Å². The molecule has 1 atom stereocenters. The van der Waals surface area contributed by atoms with Crippen molar-refractivity contribution in [3.05, 3.63) is 12.2 Å². The number of nitrogens with zero attached hydrogens (tertiary/aromatic N) is 3. The zero-order valence-electron chi connectivity index (χ0n) is 11.9. The molecule has 0 radical (unpaired) electrons. The average molecular weight is 254 g/mol. The van der Waals surface area contributed by atoms with E-state index in [1.807, 2.05) is 4.68 Å². The maximum atomic E-state index is 5.24. The molecule has 0 bridgehead atoms. The molecule has 1 rings (SSSR count). The molecule has 1 aromatic heterocycles. The van der Waals surface area contributed by atoms with Crippen molar-refractivity contribution in [2.75, 3.05) is 20.3 Å². The van der Waals surface area contributed by atoms with Gasteiger partial charge in [0.2, 0.25) is 0 Å². The first-order valence-corrected chi connectivity index (χ1v) is 6.90. The van der Waals surface area contributed by atoms with E-state index in [0.717, 1.165) is 51.2 Å². The van der Waals surface area contributed by atoms with Gasteiger partial charge in [0.25, 0.3) is 0 Å². The summed E-state index contributed by atoms with van der Waals surface area (Å²) in [6.45, 7) is 7.07. The Bertz CT molecular complexity index is 314. The van der Waals surface area contributed by atoms with E-state index in [1.54, 1.807) is 13.4 Å². The molecule has 0 aromatic carbocycles. The summed E-state index contributed by atoms with van der Waals surface area (Å²) < 4.78 is 7.25. The van der Waals surface area contributed by atoms with Crippen molar-refractivity contribution in [2.45, 2.75) is 52.1 Å². The quantitative estimate of drug-likeness (QED) is 0.689. The molecule has 1 unspecified atom stereocenters. The second kappa shape index (κ2) is 9.05. The molecule has 1 N–H and O–H groups in total. The molecule has 1 aromatic rings. The summed E-state index contributed by atoms with van der Waals surface area (Å²) in [5.74, 6) is 1.08. The molecular weight excluding hydrogens is 228 g/mol. The number of aromatic nitrogens is 3. The van der Waals surface area contributed by atoms with Crippen LogP contribution < -0.4 is 5.32 Å². The van der Waals surface area contributed by atoms with Gasteiger partial charge in [0.1, 0.15) is 12.2 Å². The maximum Gasteiger partial charge on any atom is 0.138 e. The van der Waals surface area contributed by atoms with E-state index < -0.39 is 0 Å². The molecule has 5 heteroatoms. The minimum absolute atomic E-state index is 0.404. The SMILES string of the molecule is CCCNC(CCc1ncnn1CCC)COC. The third kappa shape index (κ3) is 5.14. The Morgan fingerprint density at radius 2 is 2.22 bits per heavy atom. The van der Waals surface area contributed by atoms with E-state index >= 15 is 0 Å². The van der Waals surface area contributed by atoms with Crippen molar-refractivity contribution in [3.63, 3.8) is 0 Å². The number of aryl methyl sites for hydroxylation is 2. The fraction of sp³-hybridized carbons (Fsp3) is 0.846. The normalized spacial score (nSPS) is 12.8.